The van der Waals surface area contributed by atoms with Crippen molar-refractivity contribution in [2.24, 2.45) is 0 Å². The van der Waals surface area contributed by atoms with Crippen LogP contribution in [0.4, 0.5) is 0 Å². The monoisotopic (exact) mass is 203 g/mol. The van der Waals surface area contributed by atoms with Crippen molar-refractivity contribution in [2.45, 2.75) is 25.5 Å². The zero-order chi connectivity index (χ0) is 10.7. The molecule has 0 radical (unpaired) electrons. The Kier molecular flexibility index (Phi) is 2.84. The van der Waals surface area contributed by atoms with Gasteiger partial charge in [-0.3, -0.25) is 4.98 Å². The van der Waals surface area contributed by atoms with Crippen LogP contribution in [0.1, 0.15) is 18.9 Å². The van der Waals surface area contributed by atoms with Crippen molar-refractivity contribution >= 4 is 0 Å². The third kappa shape index (κ3) is 2.25. The normalized spacial score (nSPS) is 21.2. The van der Waals surface area contributed by atoms with Crippen LogP contribution < -0.4 is 10.1 Å². The van der Waals surface area contributed by atoms with E-state index < -0.39 is 0 Å². The van der Waals surface area contributed by atoms with Gasteiger partial charge in [0.1, 0.15) is 17.9 Å². The van der Waals surface area contributed by atoms with Crippen molar-refractivity contribution < 1.29 is 4.74 Å². The summed E-state index contributed by atoms with van der Waals surface area (Å²) in [5, 5.41) is 12.0. The number of aromatic nitrogens is 1. The van der Waals surface area contributed by atoms with Gasteiger partial charge in [0, 0.05) is 18.3 Å². The third-order valence-electron chi connectivity index (χ3n) is 2.59. The summed E-state index contributed by atoms with van der Waals surface area (Å²) < 4.78 is 5.68. The smallest absolute Gasteiger partial charge is 0.139 e. The van der Waals surface area contributed by atoms with Gasteiger partial charge in [0.25, 0.3) is 0 Å². The van der Waals surface area contributed by atoms with Crippen LogP contribution >= 0.6 is 0 Å². The molecule has 1 aliphatic rings. The molecule has 1 N–H and O–H groups in total. The highest BCUT2D eigenvalue weighted by Crippen LogP contribution is 2.16. The van der Waals surface area contributed by atoms with Gasteiger partial charge >= 0.3 is 0 Å². The van der Waals surface area contributed by atoms with E-state index in [1.807, 2.05) is 13.0 Å². The Morgan fingerprint density at radius 2 is 2.47 bits per heavy atom. The van der Waals surface area contributed by atoms with Crippen molar-refractivity contribution in [3.05, 3.63) is 24.0 Å². The fourth-order valence-electron chi connectivity index (χ4n) is 1.55. The lowest BCUT2D eigenvalue weighted by molar-refractivity contribution is 0.133. The first-order valence-electron chi connectivity index (χ1n) is 5.05. The molecule has 1 fully saturated rings. The van der Waals surface area contributed by atoms with Crippen LogP contribution in [0.15, 0.2) is 18.5 Å². The summed E-state index contributed by atoms with van der Waals surface area (Å²) in [6.45, 7) is 3.09. The molecule has 2 rings (SSSR count). The Labute approximate surface area is 88.9 Å². The molecule has 0 spiro atoms. The van der Waals surface area contributed by atoms with Gasteiger partial charge in [-0.05, 0) is 19.9 Å². The SMILES string of the molecule is CC(Oc1cncc(C#N)c1)[C@H]1CCN1. The third-order valence-corrected chi connectivity index (χ3v) is 2.59. The first kappa shape index (κ1) is 9.94. The van der Waals surface area contributed by atoms with E-state index in [1.165, 1.54) is 6.20 Å². The lowest BCUT2D eigenvalue weighted by Gasteiger charge is -2.33. The number of nitrogens with one attached hydrogen (secondary N) is 1. The largest absolute Gasteiger partial charge is 0.487 e. The number of hydrogen-bond donors (Lipinski definition) is 1. The van der Waals surface area contributed by atoms with E-state index in [0.717, 1.165) is 13.0 Å². The maximum Gasteiger partial charge on any atom is 0.139 e. The molecule has 78 valence electrons. The van der Waals surface area contributed by atoms with E-state index in [1.54, 1.807) is 12.3 Å². The van der Waals surface area contributed by atoms with E-state index in [2.05, 4.69) is 10.3 Å². The van der Waals surface area contributed by atoms with E-state index in [0.29, 0.717) is 17.4 Å². The number of pyridine rings is 1. The molecule has 4 nitrogen and oxygen atoms in total. The Morgan fingerprint density at radius 1 is 1.67 bits per heavy atom. The summed E-state index contributed by atoms with van der Waals surface area (Å²) >= 11 is 0. The molecule has 0 saturated carbocycles. The number of rotatable bonds is 3. The van der Waals surface area contributed by atoms with Crippen LogP contribution in [0.5, 0.6) is 5.75 Å². The van der Waals surface area contributed by atoms with E-state index in [9.17, 15) is 0 Å². The molecule has 1 aliphatic heterocycles. The minimum absolute atomic E-state index is 0.120. The molecule has 1 saturated heterocycles. The maximum atomic E-state index is 8.70. The van der Waals surface area contributed by atoms with Gasteiger partial charge < -0.3 is 10.1 Å². The average Bonchev–Trinajstić information content (AvgIpc) is 2.15. The van der Waals surface area contributed by atoms with Crippen molar-refractivity contribution in [2.75, 3.05) is 6.54 Å². The van der Waals surface area contributed by atoms with Crippen molar-refractivity contribution in [3.8, 4) is 11.8 Å². The van der Waals surface area contributed by atoms with Gasteiger partial charge in [-0.25, -0.2) is 0 Å². The first-order valence-corrected chi connectivity index (χ1v) is 5.05. The van der Waals surface area contributed by atoms with Gasteiger partial charge in [-0.15, -0.1) is 0 Å². The second-order valence-electron chi connectivity index (χ2n) is 3.69. The van der Waals surface area contributed by atoms with Crippen LogP contribution in [0, 0.1) is 11.3 Å². The van der Waals surface area contributed by atoms with Crippen LogP contribution in [0.2, 0.25) is 0 Å². The first-order chi connectivity index (χ1) is 7.29. The summed E-state index contributed by atoms with van der Waals surface area (Å²) in [6.07, 6.45) is 4.43. The van der Waals surface area contributed by atoms with Crippen molar-refractivity contribution in [1.82, 2.24) is 10.3 Å². The van der Waals surface area contributed by atoms with E-state index in [4.69, 9.17) is 10.00 Å². The predicted octanol–water partition coefficient (Wildman–Crippen LogP) is 1.08. The standard InChI is InChI=1S/C11H13N3O/c1-8(11-2-3-14-11)15-10-4-9(5-12)6-13-7-10/h4,6-8,11,14H,2-3H2,1H3/t8?,11-/m1/s1. The molecule has 2 atom stereocenters. The van der Waals surface area contributed by atoms with Crippen molar-refractivity contribution in [1.29, 1.82) is 5.26 Å². The molecule has 1 aromatic heterocycles. The summed E-state index contributed by atoms with van der Waals surface area (Å²) in [7, 11) is 0. The molecule has 0 bridgehead atoms. The van der Waals surface area contributed by atoms with E-state index in [-0.39, 0.29) is 6.10 Å². The fraction of sp³-hybridized carbons (Fsp3) is 0.455. The second kappa shape index (κ2) is 4.28. The quantitative estimate of drug-likeness (QED) is 0.798. The summed E-state index contributed by atoms with van der Waals surface area (Å²) in [5.41, 5.74) is 0.529. The molecule has 0 amide bonds. The molecular weight excluding hydrogens is 190 g/mol. The second-order valence-corrected chi connectivity index (χ2v) is 3.69. The molecule has 2 heterocycles. The van der Waals surface area contributed by atoms with Gasteiger partial charge in [0.2, 0.25) is 0 Å². The minimum Gasteiger partial charge on any atom is -0.487 e. The lowest BCUT2D eigenvalue weighted by atomic mass is 10.0. The summed E-state index contributed by atoms with van der Waals surface area (Å²) in [6, 6.07) is 4.18. The number of hydrogen-bond acceptors (Lipinski definition) is 4. The van der Waals surface area contributed by atoms with Gasteiger partial charge in [-0.1, -0.05) is 0 Å². The molecule has 15 heavy (non-hydrogen) atoms. The van der Waals surface area contributed by atoms with Crippen molar-refractivity contribution in [3.63, 3.8) is 0 Å². The van der Waals surface area contributed by atoms with E-state index >= 15 is 0 Å². The van der Waals surface area contributed by atoms with Gasteiger partial charge in [0.15, 0.2) is 0 Å². The van der Waals surface area contributed by atoms with Crippen LogP contribution in [-0.2, 0) is 0 Å². The highest BCUT2D eigenvalue weighted by Gasteiger charge is 2.24. The summed E-state index contributed by atoms with van der Waals surface area (Å²) in [5.74, 6) is 0.662. The Bertz CT molecular complexity index is 382. The Morgan fingerprint density at radius 3 is 3.07 bits per heavy atom. The predicted molar refractivity (Wildman–Crippen MR) is 55.4 cm³/mol. The maximum absolute atomic E-state index is 8.70. The lowest BCUT2D eigenvalue weighted by Crippen LogP contribution is -2.51. The zero-order valence-corrected chi connectivity index (χ0v) is 8.60. The highest BCUT2D eigenvalue weighted by atomic mass is 16.5. The average molecular weight is 203 g/mol. The Hall–Kier alpha value is -1.60. The van der Waals surface area contributed by atoms with Gasteiger partial charge in [-0.2, -0.15) is 5.26 Å². The molecule has 0 aromatic carbocycles. The molecule has 0 aliphatic carbocycles. The Balaban J connectivity index is 2.00. The van der Waals surface area contributed by atoms with Crippen LogP contribution in [0.3, 0.4) is 0 Å². The number of nitriles is 1. The highest BCUT2D eigenvalue weighted by molar-refractivity contribution is 5.32. The number of nitrogens with zero attached hydrogens (tertiary/aromatic N) is 2. The topological polar surface area (TPSA) is 57.9 Å². The molecular formula is C11H13N3O. The molecule has 4 heteroatoms. The molecule has 1 unspecified atom stereocenters. The van der Waals surface area contributed by atoms with Crippen LogP contribution in [-0.4, -0.2) is 23.7 Å². The number of ether oxygens (including phenoxy) is 1. The molecule has 1 aromatic rings. The fourth-order valence-corrected chi connectivity index (χ4v) is 1.55. The minimum atomic E-state index is 0.120. The zero-order valence-electron chi connectivity index (χ0n) is 8.60. The van der Waals surface area contributed by atoms with Crippen LogP contribution in [0.25, 0.3) is 0 Å². The van der Waals surface area contributed by atoms with Gasteiger partial charge in [0.05, 0.1) is 11.8 Å². The summed E-state index contributed by atoms with van der Waals surface area (Å²) in [4.78, 5) is 3.94.